The van der Waals surface area contributed by atoms with Crippen LogP contribution in [0.3, 0.4) is 0 Å². The molecule has 1 rings (SSSR count). The Morgan fingerprint density at radius 2 is 1.61 bits per heavy atom. The van der Waals surface area contributed by atoms with Crippen molar-refractivity contribution in [1.82, 2.24) is 0 Å². The number of hydrogen-bond acceptors (Lipinski definition) is 6. The van der Waals surface area contributed by atoms with E-state index in [1.807, 2.05) is 0 Å². The minimum atomic E-state index is -2.57. The molecule has 0 spiro atoms. The molecule has 3 atom stereocenters. The van der Waals surface area contributed by atoms with Crippen molar-refractivity contribution >= 4 is 17.3 Å². The number of hydrogen-bond donors (Lipinski definition) is 3. The summed E-state index contributed by atoms with van der Waals surface area (Å²) in [5.74, 6) is -2.72. The summed E-state index contributed by atoms with van der Waals surface area (Å²) in [6.07, 6.45) is -2.66. The molecule has 0 aliphatic heterocycles. The van der Waals surface area contributed by atoms with Crippen LogP contribution < -0.4 is 0 Å². The van der Waals surface area contributed by atoms with Crippen LogP contribution in [-0.4, -0.2) is 50.0 Å². The van der Waals surface area contributed by atoms with E-state index in [-0.39, 0.29) is 6.42 Å². The van der Waals surface area contributed by atoms with Crippen molar-refractivity contribution in [3.05, 3.63) is 35.9 Å². The summed E-state index contributed by atoms with van der Waals surface area (Å²) in [4.78, 5) is 34.9. The molecule has 1 aromatic carbocycles. The number of aliphatic hydroxyl groups excluding tert-OH is 1. The van der Waals surface area contributed by atoms with Crippen LogP contribution in [-0.2, 0) is 20.8 Å². The monoisotopic (exact) mass is 322 g/mol. The number of carbonyl (C=O) groups excluding carboxylic acids is 3. The Kier molecular flexibility index (Phi) is 5.93. The van der Waals surface area contributed by atoms with Gasteiger partial charge in [0.25, 0.3) is 0 Å². The van der Waals surface area contributed by atoms with E-state index >= 15 is 0 Å². The van der Waals surface area contributed by atoms with Gasteiger partial charge in [-0.2, -0.15) is 0 Å². The van der Waals surface area contributed by atoms with Gasteiger partial charge < -0.3 is 15.3 Å². The van der Waals surface area contributed by atoms with Gasteiger partial charge in [0, 0.05) is 13.3 Å². The van der Waals surface area contributed by atoms with E-state index in [1.54, 1.807) is 30.3 Å². The second-order valence-corrected chi connectivity index (χ2v) is 5.84. The lowest BCUT2D eigenvalue weighted by molar-refractivity contribution is -0.202. The molecular weight excluding hydrogens is 300 g/mol. The molecule has 0 fully saturated rings. The van der Waals surface area contributed by atoms with Crippen molar-refractivity contribution in [2.24, 2.45) is 0 Å². The zero-order chi connectivity index (χ0) is 17.8. The van der Waals surface area contributed by atoms with Crippen molar-refractivity contribution in [3.8, 4) is 0 Å². The van der Waals surface area contributed by atoms with Crippen molar-refractivity contribution < 1.29 is 29.7 Å². The third-order valence-corrected chi connectivity index (χ3v) is 4.12. The highest BCUT2D eigenvalue weighted by Gasteiger charge is 2.56. The Morgan fingerprint density at radius 3 is 2.00 bits per heavy atom. The van der Waals surface area contributed by atoms with Crippen molar-refractivity contribution in [2.45, 2.75) is 50.9 Å². The SMILES string of the molecule is CC(=O)C(=O)C[C@](O)(C(C)=O)[C@@](O)(Cc1ccccc1)[C@@H](C)O. The Balaban J connectivity index is 3.33. The number of benzene rings is 1. The maximum Gasteiger partial charge on any atom is 0.201 e. The summed E-state index contributed by atoms with van der Waals surface area (Å²) in [7, 11) is 0. The first-order valence-electron chi connectivity index (χ1n) is 7.26. The second kappa shape index (κ2) is 7.12. The summed E-state index contributed by atoms with van der Waals surface area (Å²) in [6, 6.07) is 8.46. The van der Waals surface area contributed by atoms with Crippen LogP contribution in [0.25, 0.3) is 0 Å². The summed E-state index contributed by atoms with van der Waals surface area (Å²) in [5, 5.41) is 31.6. The summed E-state index contributed by atoms with van der Waals surface area (Å²) < 4.78 is 0. The molecule has 0 aliphatic carbocycles. The molecule has 0 saturated carbocycles. The molecule has 0 aliphatic rings. The molecule has 1 aromatic rings. The Bertz CT molecular complexity index is 594. The molecule has 23 heavy (non-hydrogen) atoms. The molecule has 3 N–H and O–H groups in total. The average Bonchev–Trinajstić information content (AvgIpc) is 2.47. The van der Waals surface area contributed by atoms with Crippen LogP contribution in [0.1, 0.15) is 32.8 Å². The van der Waals surface area contributed by atoms with E-state index < -0.39 is 41.1 Å². The molecule has 6 heteroatoms. The minimum Gasteiger partial charge on any atom is -0.390 e. The van der Waals surface area contributed by atoms with Gasteiger partial charge in [-0.25, -0.2) is 0 Å². The minimum absolute atomic E-state index is 0.257. The lowest BCUT2D eigenvalue weighted by atomic mass is 9.70. The van der Waals surface area contributed by atoms with Crippen molar-refractivity contribution in [2.75, 3.05) is 0 Å². The summed E-state index contributed by atoms with van der Waals surface area (Å²) in [5.41, 5.74) is -4.32. The van der Waals surface area contributed by atoms with Crippen LogP contribution in [0.15, 0.2) is 30.3 Å². The molecule has 0 radical (unpaired) electrons. The standard InChI is InChI=1S/C17H22O6/c1-11(18)15(21)10-17(23,13(3)20)16(22,12(2)19)9-14-7-5-4-6-8-14/h4-8,12,19,22-23H,9-10H2,1-3H3/t12-,16-,17+/m1/s1. The Labute approximate surface area is 134 Å². The van der Waals surface area contributed by atoms with E-state index in [9.17, 15) is 29.7 Å². The fourth-order valence-corrected chi connectivity index (χ4v) is 2.49. The maximum atomic E-state index is 12.0. The smallest absolute Gasteiger partial charge is 0.201 e. The van der Waals surface area contributed by atoms with Crippen molar-refractivity contribution in [3.63, 3.8) is 0 Å². The highest BCUT2D eigenvalue weighted by Crippen LogP contribution is 2.34. The van der Waals surface area contributed by atoms with Gasteiger partial charge >= 0.3 is 0 Å². The lowest BCUT2D eigenvalue weighted by Gasteiger charge is -2.43. The first-order valence-corrected chi connectivity index (χ1v) is 7.26. The number of Topliss-reactive ketones (excluding diaryl/α,β-unsaturated/α-hetero) is 3. The van der Waals surface area contributed by atoms with Crippen LogP contribution in [0, 0.1) is 0 Å². The van der Waals surface area contributed by atoms with E-state index in [2.05, 4.69) is 0 Å². The predicted octanol–water partition coefficient (Wildman–Crippen LogP) is 0.209. The quantitative estimate of drug-likeness (QED) is 0.590. The highest BCUT2D eigenvalue weighted by atomic mass is 16.4. The van der Waals surface area contributed by atoms with Gasteiger partial charge in [-0.3, -0.25) is 14.4 Å². The van der Waals surface area contributed by atoms with Gasteiger partial charge in [0.1, 0.15) is 5.60 Å². The third-order valence-electron chi connectivity index (χ3n) is 4.12. The van der Waals surface area contributed by atoms with Gasteiger partial charge in [-0.05, 0) is 19.4 Å². The summed E-state index contributed by atoms with van der Waals surface area (Å²) >= 11 is 0. The lowest BCUT2D eigenvalue weighted by Crippen LogP contribution is -2.66. The topological polar surface area (TPSA) is 112 Å². The molecule has 0 saturated heterocycles. The molecule has 0 bridgehead atoms. The number of aliphatic hydroxyl groups is 3. The van der Waals surface area contributed by atoms with Crippen LogP contribution >= 0.6 is 0 Å². The fourth-order valence-electron chi connectivity index (χ4n) is 2.49. The fraction of sp³-hybridized carbons (Fsp3) is 0.471. The van der Waals surface area contributed by atoms with Gasteiger partial charge in [-0.15, -0.1) is 0 Å². The first kappa shape index (κ1) is 19.2. The summed E-state index contributed by atoms with van der Waals surface area (Å²) in [6.45, 7) is 3.24. The molecular formula is C17H22O6. The molecule has 6 nitrogen and oxygen atoms in total. The number of rotatable bonds is 8. The van der Waals surface area contributed by atoms with E-state index in [4.69, 9.17) is 0 Å². The molecule has 126 valence electrons. The van der Waals surface area contributed by atoms with Crippen molar-refractivity contribution in [1.29, 1.82) is 0 Å². The zero-order valence-corrected chi connectivity index (χ0v) is 13.4. The van der Waals surface area contributed by atoms with Crippen LogP contribution in [0.2, 0.25) is 0 Å². The Morgan fingerprint density at radius 1 is 1.09 bits per heavy atom. The molecule has 0 amide bonds. The van der Waals surface area contributed by atoms with E-state index in [1.165, 1.54) is 6.92 Å². The predicted molar refractivity (Wildman–Crippen MR) is 82.7 cm³/mol. The average molecular weight is 322 g/mol. The first-order chi connectivity index (χ1) is 10.5. The van der Waals surface area contributed by atoms with Gasteiger partial charge in [0.2, 0.25) is 5.78 Å². The highest BCUT2D eigenvalue weighted by molar-refractivity contribution is 6.36. The van der Waals surface area contributed by atoms with Gasteiger partial charge in [0.15, 0.2) is 17.2 Å². The van der Waals surface area contributed by atoms with Crippen LogP contribution in [0.5, 0.6) is 0 Å². The van der Waals surface area contributed by atoms with Crippen LogP contribution in [0.4, 0.5) is 0 Å². The molecule has 0 aromatic heterocycles. The van der Waals surface area contributed by atoms with E-state index in [0.29, 0.717) is 5.56 Å². The zero-order valence-electron chi connectivity index (χ0n) is 13.4. The largest absolute Gasteiger partial charge is 0.390 e. The number of carbonyl (C=O) groups is 3. The number of ketones is 3. The molecule has 0 unspecified atom stereocenters. The molecule has 0 heterocycles. The normalized spacial score (nSPS) is 17.7. The van der Waals surface area contributed by atoms with Gasteiger partial charge in [-0.1, -0.05) is 30.3 Å². The second-order valence-electron chi connectivity index (χ2n) is 5.84. The van der Waals surface area contributed by atoms with Gasteiger partial charge in [0.05, 0.1) is 12.5 Å². The third kappa shape index (κ3) is 3.90. The Hall–Kier alpha value is -1.89. The maximum absolute atomic E-state index is 12.0. The van der Waals surface area contributed by atoms with E-state index in [0.717, 1.165) is 13.8 Å².